The third-order valence-electron chi connectivity index (χ3n) is 11.0. The van der Waals surface area contributed by atoms with E-state index < -0.39 is 23.2 Å². The van der Waals surface area contributed by atoms with E-state index in [2.05, 4.69) is 43.1 Å². The summed E-state index contributed by atoms with van der Waals surface area (Å²) in [6.45, 7) is 8.31. The first kappa shape index (κ1) is 22.1. The number of rotatable bonds is 2. The molecule has 0 bridgehead atoms. The molecule has 0 amide bonds. The van der Waals surface area contributed by atoms with Gasteiger partial charge in [-0.05, 0) is 74.8 Å². The van der Waals surface area contributed by atoms with Crippen molar-refractivity contribution in [3.05, 3.63) is 35.5 Å². The highest BCUT2D eigenvalue weighted by atomic mass is 16.5. The monoisotopic (exact) mass is 453 g/mol. The van der Waals surface area contributed by atoms with Crippen molar-refractivity contribution < 1.29 is 20.1 Å². The van der Waals surface area contributed by atoms with Gasteiger partial charge in [-0.15, -0.1) is 0 Å². The highest BCUT2D eigenvalue weighted by Crippen LogP contribution is 2.71. The van der Waals surface area contributed by atoms with Gasteiger partial charge in [0.15, 0.2) is 0 Å². The standard InChI is InChI=1S/C28H39NO4/c1-25(2,32)23-14-21(31)28(15-30)20-10-9-16-13-18-17-7-5-6-8-19(17)29-24(18)27(16,4)26(20,3)12-11-22(28)33-23/h5-8,16,20-23,29-32H,9-15H2,1-4H3. The van der Waals surface area contributed by atoms with E-state index in [0.717, 1.165) is 32.1 Å². The smallest absolute Gasteiger partial charge is 0.0885 e. The fourth-order valence-corrected chi connectivity index (χ4v) is 9.01. The lowest BCUT2D eigenvalue weighted by molar-refractivity contribution is -0.295. The first-order valence-electron chi connectivity index (χ1n) is 12.8. The number of hydrogen-bond acceptors (Lipinski definition) is 4. The van der Waals surface area contributed by atoms with Gasteiger partial charge in [0.1, 0.15) is 0 Å². The zero-order chi connectivity index (χ0) is 23.4. The predicted octanol–water partition coefficient (Wildman–Crippen LogP) is 4.08. The van der Waals surface area contributed by atoms with Crippen molar-refractivity contribution in [3.8, 4) is 0 Å². The second-order valence-corrected chi connectivity index (χ2v) is 12.5. The molecule has 6 rings (SSSR count). The van der Waals surface area contributed by atoms with Gasteiger partial charge in [-0.2, -0.15) is 0 Å². The minimum atomic E-state index is -1.02. The van der Waals surface area contributed by atoms with Crippen LogP contribution in [-0.2, 0) is 16.6 Å². The Morgan fingerprint density at radius 1 is 1.15 bits per heavy atom. The molecule has 3 aliphatic carbocycles. The van der Waals surface area contributed by atoms with Crippen molar-refractivity contribution in [1.29, 1.82) is 0 Å². The number of ether oxygens (including phenoxy) is 1. The van der Waals surface area contributed by atoms with Crippen LogP contribution in [0.2, 0.25) is 0 Å². The van der Waals surface area contributed by atoms with Crippen LogP contribution in [0.15, 0.2) is 24.3 Å². The molecule has 8 unspecified atom stereocenters. The molecule has 180 valence electrons. The second kappa shape index (κ2) is 6.84. The van der Waals surface area contributed by atoms with Gasteiger partial charge in [-0.3, -0.25) is 0 Å². The number of aromatic amines is 1. The van der Waals surface area contributed by atoms with Crippen molar-refractivity contribution in [3.63, 3.8) is 0 Å². The van der Waals surface area contributed by atoms with Crippen molar-refractivity contribution in [1.82, 2.24) is 4.98 Å². The van der Waals surface area contributed by atoms with Crippen LogP contribution in [0, 0.1) is 22.7 Å². The van der Waals surface area contributed by atoms with E-state index in [-0.39, 0.29) is 29.5 Å². The molecule has 2 aromatic rings. The topological polar surface area (TPSA) is 85.7 Å². The molecule has 5 nitrogen and oxygen atoms in total. The first-order valence-corrected chi connectivity index (χ1v) is 12.8. The largest absolute Gasteiger partial charge is 0.396 e. The SMILES string of the molecule is CC(C)(O)C1CC(O)C2(CO)C(CCC3(C)C2CCC2Cc4c([nH]c5ccccc45)C23C)O1. The highest BCUT2D eigenvalue weighted by Gasteiger charge is 2.70. The van der Waals surface area contributed by atoms with Crippen LogP contribution in [-0.4, -0.2) is 50.8 Å². The maximum Gasteiger partial charge on any atom is 0.0885 e. The van der Waals surface area contributed by atoms with Gasteiger partial charge in [0.2, 0.25) is 0 Å². The lowest BCUT2D eigenvalue weighted by atomic mass is 9.39. The number of aliphatic hydroxyl groups excluding tert-OH is 2. The van der Waals surface area contributed by atoms with E-state index in [1.54, 1.807) is 13.8 Å². The van der Waals surface area contributed by atoms with Crippen LogP contribution < -0.4 is 0 Å². The zero-order valence-electron chi connectivity index (χ0n) is 20.4. The van der Waals surface area contributed by atoms with Crippen molar-refractivity contribution in [2.45, 2.75) is 95.5 Å². The maximum absolute atomic E-state index is 11.6. The highest BCUT2D eigenvalue weighted by molar-refractivity contribution is 5.86. The molecule has 8 atom stereocenters. The average molecular weight is 454 g/mol. The molecule has 1 aromatic heterocycles. The van der Waals surface area contributed by atoms with Gasteiger partial charge in [-0.25, -0.2) is 0 Å². The number of aliphatic hydroxyl groups is 3. The van der Waals surface area contributed by atoms with Gasteiger partial charge in [0, 0.05) is 33.8 Å². The molecule has 5 heteroatoms. The molecular formula is C28H39NO4. The number of H-pyrrole nitrogens is 1. The minimum absolute atomic E-state index is 0.0375. The van der Waals surface area contributed by atoms with Gasteiger partial charge in [-0.1, -0.05) is 32.0 Å². The fourth-order valence-electron chi connectivity index (χ4n) is 9.01. The summed E-state index contributed by atoms with van der Waals surface area (Å²) in [5.41, 5.74) is 2.27. The fraction of sp³-hybridized carbons (Fsp3) is 0.714. The summed E-state index contributed by atoms with van der Waals surface area (Å²) < 4.78 is 6.50. The van der Waals surface area contributed by atoms with E-state index in [1.165, 1.54) is 22.2 Å². The van der Waals surface area contributed by atoms with E-state index in [9.17, 15) is 15.3 Å². The van der Waals surface area contributed by atoms with Crippen LogP contribution in [0.1, 0.15) is 71.1 Å². The predicted molar refractivity (Wildman–Crippen MR) is 128 cm³/mol. The summed E-state index contributed by atoms with van der Waals surface area (Å²) in [5.74, 6) is 0.729. The summed E-state index contributed by atoms with van der Waals surface area (Å²) in [5, 5.41) is 34.5. The Morgan fingerprint density at radius 3 is 2.64 bits per heavy atom. The summed E-state index contributed by atoms with van der Waals surface area (Å²) in [6, 6.07) is 8.65. The minimum Gasteiger partial charge on any atom is -0.396 e. The van der Waals surface area contributed by atoms with E-state index in [1.807, 2.05) is 0 Å². The van der Waals surface area contributed by atoms with Crippen molar-refractivity contribution >= 4 is 10.9 Å². The average Bonchev–Trinajstić information content (AvgIpc) is 3.28. The molecule has 2 heterocycles. The lowest BCUT2D eigenvalue weighted by Gasteiger charge is -2.68. The molecule has 4 N–H and O–H groups in total. The normalized spacial score (nSPS) is 44.8. The first-order chi connectivity index (χ1) is 15.6. The maximum atomic E-state index is 11.6. The number of hydrogen-bond donors (Lipinski definition) is 4. The quantitative estimate of drug-likeness (QED) is 0.552. The Balaban J connectivity index is 1.46. The molecule has 2 saturated carbocycles. The Bertz CT molecular complexity index is 1090. The zero-order valence-corrected chi connectivity index (χ0v) is 20.4. The Morgan fingerprint density at radius 2 is 1.91 bits per heavy atom. The Labute approximate surface area is 196 Å². The molecule has 1 aliphatic heterocycles. The molecule has 3 fully saturated rings. The number of nitrogens with one attached hydrogen (secondary N) is 1. The third-order valence-corrected chi connectivity index (χ3v) is 11.0. The molecule has 4 aliphatic rings. The molecule has 0 spiro atoms. The number of fused-ring (bicyclic) bond motifs is 9. The van der Waals surface area contributed by atoms with Gasteiger partial charge >= 0.3 is 0 Å². The van der Waals surface area contributed by atoms with Crippen LogP contribution in [0.25, 0.3) is 10.9 Å². The van der Waals surface area contributed by atoms with Crippen LogP contribution >= 0.6 is 0 Å². The molecule has 0 radical (unpaired) electrons. The van der Waals surface area contributed by atoms with E-state index in [4.69, 9.17) is 4.74 Å². The Kier molecular flexibility index (Phi) is 4.58. The summed E-state index contributed by atoms with van der Waals surface area (Å²) >= 11 is 0. The van der Waals surface area contributed by atoms with Crippen LogP contribution in [0.5, 0.6) is 0 Å². The third kappa shape index (κ3) is 2.57. The summed E-state index contributed by atoms with van der Waals surface area (Å²) in [6.07, 6.45) is 4.04. The lowest BCUT2D eigenvalue weighted by Crippen LogP contribution is -2.70. The van der Waals surface area contributed by atoms with Gasteiger partial charge < -0.3 is 25.0 Å². The summed E-state index contributed by atoms with van der Waals surface area (Å²) in [7, 11) is 0. The second-order valence-electron chi connectivity index (χ2n) is 12.5. The van der Waals surface area contributed by atoms with Crippen molar-refractivity contribution in [2.75, 3.05) is 6.61 Å². The van der Waals surface area contributed by atoms with E-state index in [0.29, 0.717) is 12.3 Å². The van der Waals surface area contributed by atoms with Crippen molar-refractivity contribution in [2.24, 2.45) is 22.7 Å². The van der Waals surface area contributed by atoms with Crippen LogP contribution in [0.3, 0.4) is 0 Å². The molecule has 1 saturated heterocycles. The number of benzene rings is 1. The number of aromatic nitrogens is 1. The summed E-state index contributed by atoms with van der Waals surface area (Å²) in [4.78, 5) is 3.83. The molecule has 33 heavy (non-hydrogen) atoms. The number of para-hydroxylation sites is 1. The Hall–Kier alpha value is -1.40. The molecule has 1 aromatic carbocycles. The molecular weight excluding hydrogens is 414 g/mol. The van der Waals surface area contributed by atoms with Gasteiger partial charge in [0.05, 0.1) is 30.5 Å². The van der Waals surface area contributed by atoms with E-state index >= 15 is 0 Å². The van der Waals surface area contributed by atoms with Crippen LogP contribution in [0.4, 0.5) is 0 Å². The van der Waals surface area contributed by atoms with Gasteiger partial charge in [0.25, 0.3) is 0 Å².